The number of hydrogen-bond donors (Lipinski definition) is 0. The Morgan fingerprint density at radius 2 is 1.94 bits per heavy atom. The number of carbonyl (C=O) groups excluding carboxylic acids is 1. The summed E-state index contributed by atoms with van der Waals surface area (Å²) in [6, 6.07) is 17.8. The standard InChI is InChI=1S/C23H22N4O2S2/c1-17(28)27(20-10-6-7-11-21(20)29-2)23-25-19(16-31-23)15-30-22-24-12-13-26(22)14-18-8-4-3-5-9-18/h3-13,16H,14-15H2,1-2H3. The summed E-state index contributed by atoms with van der Waals surface area (Å²) in [7, 11) is 1.60. The largest absolute Gasteiger partial charge is 0.495 e. The van der Waals surface area contributed by atoms with E-state index in [2.05, 4.69) is 21.7 Å². The van der Waals surface area contributed by atoms with Crippen LogP contribution in [0, 0.1) is 0 Å². The van der Waals surface area contributed by atoms with Crippen molar-refractivity contribution in [1.29, 1.82) is 0 Å². The van der Waals surface area contributed by atoms with Gasteiger partial charge in [0, 0.05) is 37.0 Å². The number of imidazole rings is 1. The molecule has 158 valence electrons. The second-order valence-corrected chi connectivity index (χ2v) is 8.54. The molecule has 31 heavy (non-hydrogen) atoms. The fraction of sp³-hybridized carbons (Fsp3) is 0.174. The van der Waals surface area contributed by atoms with Crippen LogP contribution in [0.1, 0.15) is 18.2 Å². The Hall–Kier alpha value is -3.10. The monoisotopic (exact) mass is 450 g/mol. The van der Waals surface area contributed by atoms with Gasteiger partial charge < -0.3 is 9.30 Å². The minimum absolute atomic E-state index is 0.114. The van der Waals surface area contributed by atoms with Crippen LogP contribution in [-0.2, 0) is 17.1 Å². The zero-order valence-electron chi connectivity index (χ0n) is 17.3. The Morgan fingerprint density at radius 1 is 1.16 bits per heavy atom. The molecule has 1 amide bonds. The molecule has 4 aromatic rings. The van der Waals surface area contributed by atoms with E-state index in [9.17, 15) is 4.79 Å². The SMILES string of the molecule is COc1ccccc1N(C(C)=O)c1nc(CSc2nccn2Cc2ccccc2)cs1. The first kappa shape index (κ1) is 21.1. The Morgan fingerprint density at radius 3 is 2.71 bits per heavy atom. The summed E-state index contributed by atoms with van der Waals surface area (Å²) in [5, 5.41) is 3.55. The van der Waals surface area contributed by atoms with Gasteiger partial charge in [-0.15, -0.1) is 11.3 Å². The highest BCUT2D eigenvalue weighted by molar-refractivity contribution is 7.98. The molecule has 0 saturated heterocycles. The number of hydrogen-bond acceptors (Lipinski definition) is 6. The first-order chi connectivity index (χ1) is 15.2. The van der Waals surface area contributed by atoms with Gasteiger partial charge in [0.2, 0.25) is 5.91 Å². The molecule has 2 heterocycles. The molecule has 6 nitrogen and oxygen atoms in total. The molecule has 2 aromatic carbocycles. The van der Waals surface area contributed by atoms with Crippen LogP contribution in [0.25, 0.3) is 0 Å². The van der Waals surface area contributed by atoms with Crippen LogP contribution < -0.4 is 9.64 Å². The third-order valence-corrected chi connectivity index (χ3v) is 6.51. The Kier molecular flexibility index (Phi) is 6.69. The van der Waals surface area contributed by atoms with Crippen LogP contribution in [-0.4, -0.2) is 27.6 Å². The summed E-state index contributed by atoms with van der Waals surface area (Å²) >= 11 is 3.07. The summed E-state index contributed by atoms with van der Waals surface area (Å²) in [5.41, 5.74) is 2.82. The van der Waals surface area contributed by atoms with Crippen molar-refractivity contribution in [2.45, 2.75) is 24.4 Å². The van der Waals surface area contributed by atoms with E-state index in [4.69, 9.17) is 9.72 Å². The molecular formula is C23H22N4O2S2. The topological polar surface area (TPSA) is 60.2 Å². The molecule has 0 fully saturated rings. The van der Waals surface area contributed by atoms with E-state index in [1.165, 1.54) is 23.8 Å². The Bertz CT molecular complexity index is 1160. The van der Waals surface area contributed by atoms with E-state index >= 15 is 0 Å². The molecule has 0 atom stereocenters. The fourth-order valence-corrected chi connectivity index (χ4v) is 5.00. The number of ether oxygens (including phenoxy) is 1. The van der Waals surface area contributed by atoms with Gasteiger partial charge in [0.25, 0.3) is 0 Å². The number of nitrogens with zero attached hydrogens (tertiary/aromatic N) is 4. The van der Waals surface area contributed by atoms with Crippen LogP contribution in [0.2, 0.25) is 0 Å². The van der Waals surface area contributed by atoms with Crippen LogP contribution in [0.15, 0.2) is 77.5 Å². The lowest BCUT2D eigenvalue weighted by molar-refractivity contribution is -0.115. The smallest absolute Gasteiger partial charge is 0.230 e. The molecule has 0 aliphatic rings. The molecule has 0 unspecified atom stereocenters. The summed E-state index contributed by atoms with van der Waals surface area (Å²) in [6.45, 7) is 2.31. The number of rotatable bonds is 8. The van der Waals surface area contributed by atoms with Crippen LogP contribution >= 0.6 is 23.1 Å². The lowest BCUT2D eigenvalue weighted by atomic mass is 10.2. The molecule has 0 aliphatic heterocycles. The summed E-state index contributed by atoms with van der Waals surface area (Å²) < 4.78 is 7.56. The number of amides is 1. The highest BCUT2D eigenvalue weighted by atomic mass is 32.2. The maximum Gasteiger partial charge on any atom is 0.230 e. The number of anilines is 2. The molecule has 0 bridgehead atoms. The molecule has 0 N–H and O–H groups in total. The molecule has 2 aromatic heterocycles. The Labute approximate surface area is 189 Å². The number of methoxy groups -OCH3 is 1. The van der Waals surface area contributed by atoms with E-state index in [0.717, 1.165) is 17.4 Å². The van der Waals surface area contributed by atoms with E-state index in [0.29, 0.717) is 22.3 Å². The molecule has 0 saturated carbocycles. The summed E-state index contributed by atoms with van der Waals surface area (Å²) in [5.74, 6) is 1.18. The number of carbonyl (C=O) groups is 1. The molecule has 0 radical (unpaired) electrons. The van der Waals surface area contributed by atoms with Crippen LogP contribution in [0.4, 0.5) is 10.8 Å². The number of aromatic nitrogens is 3. The van der Waals surface area contributed by atoms with E-state index in [1.54, 1.807) is 23.8 Å². The number of benzene rings is 2. The van der Waals surface area contributed by atoms with Gasteiger partial charge in [0.05, 0.1) is 18.5 Å². The van der Waals surface area contributed by atoms with Crippen molar-refractivity contribution in [3.63, 3.8) is 0 Å². The lowest BCUT2D eigenvalue weighted by Gasteiger charge is -2.20. The predicted molar refractivity (Wildman–Crippen MR) is 125 cm³/mol. The zero-order chi connectivity index (χ0) is 21.6. The molecular weight excluding hydrogens is 428 g/mol. The number of thiazole rings is 1. The van der Waals surface area contributed by atoms with E-state index < -0.39 is 0 Å². The summed E-state index contributed by atoms with van der Waals surface area (Å²) in [4.78, 5) is 23.2. The molecule has 4 rings (SSSR count). The van der Waals surface area contributed by atoms with Gasteiger partial charge in [-0.3, -0.25) is 9.69 Å². The van der Waals surface area contributed by atoms with Gasteiger partial charge in [0.1, 0.15) is 5.75 Å². The first-order valence-corrected chi connectivity index (χ1v) is 11.6. The minimum atomic E-state index is -0.114. The maximum absolute atomic E-state index is 12.4. The first-order valence-electron chi connectivity index (χ1n) is 9.71. The van der Waals surface area contributed by atoms with Crippen LogP contribution in [0.3, 0.4) is 0 Å². The van der Waals surface area contributed by atoms with Crippen molar-refractivity contribution in [2.75, 3.05) is 12.0 Å². The van der Waals surface area contributed by atoms with Gasteiger partial charge in [0.15, 0.2) is 10.3 Å². The quantitative estimate of drug-likeness (QED) is 0.338. The highest BCUT2D eigenvalue weighted by Crippen LogP contribution is 2.36. The van der Waals surface area contributed by atoms with Crippen molar-refractivity contribution >= 4 is 39.8 Å². The fourth-order valence-electron chi connectivity index (χ4n) is 3.16. The van der Waals surface area contributed by atoms with Gasteiger partial charge in [-0.05, 0) is 17.7 Å². The Balaban J connectivity index is 1.48. The predicted octanol–water partition coefficient (Wildman–Crippen LogP) is 5.37. The third kappa shape index (κ3) is 4.98. The van der Waals surface area contributed by atoms with Gasteiger partial charge in [-0.25, -0.2) is 9.97 Å². The van der Waals surface area contributed by atoms with Crippen molar-refractivity contribution in [3.05, 3.63) is 83.6 Å². The average Bonchev–Trinajstić information content (AvgIpc) is 3.43. The minimum Gasteiger partial charge on any atom is -0.495 e. The lowest BCUT2D eigenvalue weighted by Crippen LogP contribution is -2.23. The summed E-state index contributed by atoms with van der Waals surface area (Å²) in [6.07, 6.45) is 3.80. The highest BCUT2D eigenvalue weighted by Gasteiger charge is 2.21. The third-order valence-electron chi connectivity index (χ3n) is 4.59. The van der Waals surface area contributed by atoms with Crippen molar-refractivity contribution in [3.8, 4) is 5.75 Å². The molecule has 0 aliphatic carbocycles. The van der Waals surface area contributed by atoms with Gasteiger partial charge in [-0.1, -0.05) is 54.2 Å². The van der Waals surface area contributed by atoms with Gasteiger partial charge >= 0.3 is 0 Å². The van der Waals surface area contributed by atoms with Crippen LogP contribution in [0.5, 0.6) is 5.75 Å². The maximum atomic E-state index is 12.4. The average molecular weight is 451 g/mol. The normalized spacial score (nSPS) is 10.8. The molecule has 8 heteroatoms. The van der Waals surface area contributed by atoms with E-state index in [-0.39, 0.29) is 5.91 Å². The van der Waals surface area contributed by atoms with Crippen molar-refractivity contribution in [2.24, 2.45) is 0 Å². The number of thioether (sulfide) groups is 1. The van der Waals surface area contributed by atoms with Gasteiger partial charge in [-0.2, -0.15) is 0 Å². The second-order valence-electron chi connectivity index (χ2n) is 6.76. The number of para-hydroxylation sites is 2. The van der Waals surface area contributed by atoms with Crippen molar-refractivity contribution in [1.82, 2.24) is 14.5 Å². The molecule has 0 spiro atoms. The van der Waals surface area contributed by atoms with E-state index in [1.807, 2.05) is 60.2 Å². The second kappa shape index (κ2) is 9.80. The zero-order valence-corrected chi connectivity index (χ0v) is 18.9. The van der Waals surface area contributed by atoms with Crippen molar-refractivity contribution < 1.29 is 9.53 Å².